The summed E-state index contributed by atoms with van der Waals surface area (Å²) in [5, 5.41) is 0. The molecular formula is C18H33N3O3. The maximum atomic E-state index is 12.8. The van der Waals surface area contributed by atoms with Gasteiger partial charge in [-0.3, -0.25) is 9.69 Å². The molecule has 0 aliphatic carbocycles. The second-order valence-electron chi connectivity index (χ2n) is 7.34. The van der Waals surface area contributed by atoms with E-state index in [1.165, 1.54) is 12.8 Å². The third-order valence-corrected chi connectivity index (χ3v) is 5.81. The molecule has 6 heteroatoms. The van der Waals surface area contributed by atoms with E-state index in [2.05, 4.69) is 9.80 Å². The predicted octanol–water partition coefficient (Wildman–Crippen LogP) is 0.668. The molecule has 1 amide bonds. The summed E-state index contributed by atoms with van der Waals surface area (Å²) < 4.78 is 10.6. The van der Waals surface area contributed by atoms with Crippen molar-refractivity contribution in [3.8, 4) is 0 Å². The van der Waals surface area contributed by atoms with Crippen LogP contribution in [0.5, 0.6) is 0 Å². The van der Waals surface area contributed by atoms with Gasteiger partial charge in [-0.15, -0.1) is 0 Å². The lowest BCUT2D eigenvalue weighted by molar-refractivity contribution is -0.142. The largest absolute Gasteiger partial charge is 0.383 e. The molecule has 3 heterocycles. The van der Waals surface area contributed by atoms with Gasteiger partial charge in [-0.2, -0.15) is 0 Å². The molecule has 1 atom stereocenters. The first-order chi connectivity index (χ1) is 11.8. The summed E-state index contributed by atoms with van der Waals surface area (Å²) in [5.41, 5.74) is 0. The molecule has 0 aromatic rings. The van der Waals surface area contributed by atoms with Gasteiger partial charge in [0.05, 0.1) is 25.7 Å². The number of hydrogen-bond acceptors (Lipinski definition) is 5. The smallest absolute Gasteiger partial charge is 0.227 e. The number of methoxy groups -OCH3 is 1. The number of amides is 1. The number of piperidine rings is 2. The molecule has 0 radical (unpaired) electrons. The fourth-order valence-corrected chi connectivity index (χ4v) is 4.31. The molecule has 3 saturated heterocycles. The molecular weight excluding hydrogens is 306 g/mol. The van der Waals surface area contributed by atoms with E-state index in [0.717, 1.165) is 65.3 Å². The van der Waals surface area contributed by atoms with Gasteiger partial charge in [0.2, 0.25) is 5.91 Å². The van der Waals surface area contributed by atoms with Crippen LogP contribution >= 0.6 is 0 Å². The number of carbonyl (C=O) groups is 1. The fourth-order valence-electron chi connectivity index (χ4n) is 4.31. The standard InChI is InChI=1S/C18H33N3O3/c1-23-12-9-19-7-4-17(5-8-19)21-6-2-3-16(15-21)18(22)20-10-13-24-14-11-20/h16-17H,2-15H2,1H3. The zero-order valence-electron chi connectivity index (χ0n) is 15.1. The van der Waals surface area contributed by atoms with Gasteiger partial charge in [0.1, 0.15) is 0 Å². The Morgan fingerprint density at radius 2 is 1.83 bits per heavy atom. The molecule has 3 aliphatic rings. The van der Waals surface area contributed by atoms with Crippen LogP contribution in [0, 0.1) is 5.92 Å². The van der Waals surface area contributed by atoms with Crippen LogP contribution in [-0.4, -0.2) is 99.4 Å². The van der Waals surface area contributed by atoms with Crippen molar-refractivity contribution in [1.29, 1.82) is 0 Å². The quantitative estimate of drug-likeness (QED) is 0.737. The van der Waals surface area contributed by atoms with E-state index >= 15 is 0 Å². The maximum Gasteiger partial charge on any atom is 0.227 e. The second-order valence-corrected chi connectivity index (χ2v) is 7.34. The van der Waals surface area contributed by atoms with Crippen LogP contribution in [0.25, 0.3) is 0 Å². The first kappa shape index (κ1) is 18.1. The number of morpholine rings is 1. The van der Waals surface area contributed by atoms with Crippen molar-refractivity contribution in [2.45, 2.75) is 31.7 Å². The Balaban J connectivity index is 1.46. The third kappa shape index (κ3) is 4.69. The first-order valence-electron chi connectivity index (χ1n) is 9.60. The molecule has 0 aromatic carbocycles. The van der Waals surface area contributed by atoms with E-state index in [4.69, 9.17) is 9.47 Å². The molecule has 24 heavy (non-hydrogen) atoms. The van der Waals surface area contributed by atoms with Crippen LogP contribution in [-0.2, 0) is 14.3 Å². The van der Waals surface area contributed by atoms with Gasteiger partial charge in [0, 0.05) is 39.3 Å². The zero-order valence-corrected chi connectivity index (χ0v) is 15.1. The summed E-state index contributed by atoms with van der Waals surface area (Å²) in [7, 11) is 1.77. The van der Waals surface area contributed by atoms with Gasteiger partial charge >= 0.3 is 0 Å². The van der Waals surface area contributed by atoms with Gasteiger partial charge in [-0.1, -0.05) is 0 Å². The number of hydrogen-bond donors (Lipinski definition) is 0. The summed E-state index contributed by atoms with van der Waals surface area (Å²) in [5.74, 6) is 0.559. The number of rotatable bonds is 5. The van der Waals surface area contributed by atoms with E-state index in [-0.39, 0.29) is 5.92 Å². The molecule has 138 valence electrons. The van der Waals surface area contributed by atoms with E-state index < -0.39 is 0 Å². The Labute approximate surface area is 146 Å². The monoisotopic (exact) mass is 339 g/mol. The SMILES string of the molecule is COCCN1CCC(N2CCCC(C(=O)N3CCOCC3)C2)CC1. The van der Waals surface area contributed by atoms with Crippen molar-refractivity contribution in [3.05, 3.63) is 0 Å². The molecule has 0 N–H and O–H groups in total. The van der Waals surface area contributed by atoms with Crippen LogP contribution in [0.4, 0.5) is 0 Å². The van der Waals surface area contributed by atoms with Crippen LogP contribution in [0.15, 0.2) is 0 Å². The summed E-state index contributed by atoms with van der Waals surface area (Å²) in [4.78, 5) is 19.9. The highest BCUT2D eigenvalue weighted by Crippen LogP contribution is 2.25. The minimum absolute atomic E-state index is 0.198. The number of carbonyl (C=O) groups excluding carboxylic acids is 1. The van der Waals surface area contributed by atoms with Gasteiger partial charge in [-0.05, 0) is 45.3 Å². The van der Waals surface area contributed by atoms with Crippen molar-refractivity contribution in [1.82, 2.24) is 14.7 Å². The summed E-state index contributed by atoms with van der Waals surface area (Å²) in [6.07, 6.45) is 4.66. The highest BCUT2D eigenvalue weighted by molar-refractivity contribution is 5.79. The normalized spacial score (nSPS) is 28.2. The number of likely N-dealkylation sites (tertiary alicyclic amines) is 2. The topological polar surface area (TPSA) is 45.2 Å². The zero-order chi connectivity index (χ0) is 16.8. The fraction of sp³-hybridized carbons (Fsp3) is 0.944. The van der Waals surface area contributed by atoms with E-state index in [1.807, 2.05) is 4.90 Å². The number of nitrogens with zero attached hydrogens (tertiary/aromatic N) is 3. The van der Waals surface area contributed by atoms with Crippen LogP contribution in [0.3, 0.4) is 0 Å². The van der Waals surface area contributed by atoms with Crippen LogP contribution in [0.2, 0.25) is 0 Å². The van der Waals surface area contributed by atoms with Crippen molar-refractivity contribution in [2.24, 2.45) is 5.92 Å². The van der Waals surface area contributed by atoms with Crippen molar-refractivity contribution < 1.29 is 14.3 Å². The average molecular weight is 339 g/mol. The summed E-state index contributed by atoms with van der Waals surface area (Å²) >= 11 is 0. The Hall–Kier alpha value is -0.690. The maximum absolute atomic E-state index is 12.8. The minimum atomic E-state index is 0.198. The molecule has 0 spiro atoms. The van der Waals surface area contributed by atoms with Crippen molar-refractivity contribution in [2.75, 3.05) is 72.7 Å². The third-order valence-electron chi connectivity index (χ3n) is 5.81. The highest BCUT2D eigenvalue weighted by atomic mass is 16.5. The minimum Gasteiger partial charge on any atom is -0.383 e. The van der Waals surface area contributed by atoms with Crippen LogP contribution in [0.1, 0.15) is 25.7 Å². The molecule has 3 aliphatic heterocycles. The Bertz CT molecular complexity index is 393. The first-order valence-corrected chi connectivity index (χ1v) is 9.60. The van der Waals surface area contributed by atoms with Gasteiger partial charge in [0.25, 0.3) is 0 Å². The van der Waals surface area contributed by atoms with Gasteiger partial charge in [-0.25, -0.2) is 0 Å². The Kier molecular flexibility index (Phi) is 6.89. The lowest BCUT2D eigenvalue weighted by Crippen LogP contribution is -2.52. The number of ether oxygens (including phenoxy) is 2. The molecule has 3 fully saturated rings. The van der Waals surface area contributed by atoms with Crippen LogP contribution < -0.4 is 0 Å². The van der Waals surface area contributed by atoms with E-state index in [9.17, 15) is 4.79 Å². The van der Waals surface area contributed by atoms with Gasteiger partial charge in [0.15, 0.2) is 0 Å². The molecule has 0 aromatic heterocycles. The lowest BCUT2D eigenvalue weighted by atomic mass is 9.92. The Morgan fingerprint density at radius 1 is 1.08 bits per heavy atom. The lowest BCUT2D eigenvalue weighted by Gasteiger charge is -2.43. The van der Waals surface area contributed by atoms with E-state index in [1.54, 1.807) is 7.11 Å². The van der Waals surface area contributed by atoms with Gasteiger partial charge < -0.3 is 19.3 Å². The molecule has 6 nitrogen and oxygen atoms in total. The van der Waals surface area contributed by atoms with Crippen molar-refractivity contribution in [3.63, 3.8) is 0 Å². The predicted molar refractivity (Wildman–Crippen MR) is 93.0 cm³/mol. The molecule has 0 saturated carbocycles. The molecule has 1 unspecified atom stereocenters. The summed E-state index contributed by atoms with van der Waals surface area (Å²) in [6, 6.07) is 0.657. The highest BCUT2D eigenvalue weighted by Gasteiger charge is 2.33. The average Bonchev–Trinajstić information content (AvgIpc) is 2.67. The Morgan fingerprint density at radius 3 is 2.54 bits per heavy atom. The summed E-state index contributed by atoms with van der Waals surface area (Å²) in [6.45, 7) is 9.24. The molecule has 3 rings (SSSR count). The molecule has 0 bridgehead atoms. The second kappa shape index (κ2) is 9.13. The van der Waals surface area contributed by atoms with Crippen molar-refractivity contribution >= 4 is 5.91 Å². The van der Waals surface area contributed by atoms with E-state index in [0.29, 0.717) is 25.2 Å².